The number of hydrogen-bond donors (Lipinski definition) is 1. The maximum absolute atomic E-state index is 13.1. The Kier molecular flexibility index (Phi) is 7.33. The van der Waals surface area contributed by atoms with Crippen molar-refractivity contribution >= 4 is 11.8 Å². The number of unbranched alkanes of at least 4 members (excludes halogenated alkanes) is 1. The summed E-state index contributed by atoms with van der Waals surface area (Å²) in [7, 11) is 3.23. The molecule has 3 rings (SSSR count). The molecule has 0 bridgehead atoms. The van der Waals surface area contributed by atoms with Crippen LogP contribution in [0.4, 0.5) is 0 Å². The number of carbonyl (C=O) groups is 2. The van der Waals surface area contributed by atoms with E-state index in [1.807, 2.05) is 36.4 Å². The summed E-state index contributed by atoms with van der Waals surface area (Å²) >= 11 is 0. The minimum Gasteiger partial charge on any atom is -0.497 e. The number of methoxy groups -OCH3 is 2. The second-order valence-electron chi connectivity index (χ2n) is 7.54. The van der Waals surface area contributed by atoms with Crippen molar-refractivity contribution in [2.75, 3.05) is 33.9 Å². The van der Waals surface area contributed by atoms with E-state index < -0.39 is 0 Å². The molecule has 2 aromatic rings. The second-order valence-corrected chi connectivity index (χ2v) is 7.54. The van der Waals surface area contributed by atoms with Gasteiger partial charge in [-0.1, -0.05) is 31.5 Å². The Morgan fingerprint density at radius 2 is 1.83 bits per heavy atom. The van der Waals surface area contributed by atoms with E-state index in [9.17, 15) is 9.59 Å². The third-order valence-corrected chi connectivity index (χ3v) is 5.63. The van der Waals surface area contributed by atoms with Crippen molar-refractivity contribution in [2.24, 2.45) is 5.92 Å². The Morgan fingerprint density at radius 1 is 1.07 bits per heavy atom. The molecular weight excluding hydrogens is 380 g/mol. The first-order valence-corrected chi connectivity index (χ1v) is 10.4. The minimum absolute atomic E-state index is 0.0262. The van der Waals surface area contributed by atoms with Crippen LogP contribution in [-0.4, -0.2) is 50.6 Å². The number of hydrogen-bond acceptors (Lipinski definition) is 4. The zero-order valence-corrected chi connectivity index (χ0v) is 17.9. The van der Waals surface area contributed by atoms with Crippen LogP contribution >= 0.6 is 0 Å². The quantitative estimate of drug-likeness (QED) is 0.677. The third kappa shape index (κ3) is 4.75. The molecule has 1 N–H and O–H groups in total. The van der Waals surface area contributed by atoms with Gasteiger partial charge in [-0.15, -0.1) is 0 Å². The van der Waals surface area contributed by atoms with Gasteiger partial charge in [0.05, 0.1) is 20.1 Å². The van der Waals surface area contributed by atoms with Gasteiger partial charge in [0.2, 0.25) is 5.91 Å². The second kappa shape index (κ2) is 10.1. The Morgan fingerprint density at radius 3 is 2.50 bits per heavy atom. The van der Waals surface area contributed by atoms with Crippen molar-refractivity contribution in [3.05, 3.63) is 59.7 Å². The molecule has 0 radical (unpaired) electrons. The van der Waals surface area contributed by atoms with Gasteiger partial charge in [-0.2, -0.15) is 0 Å². The predicted molar refractivity (Wildman–Crippen MR) is 116 cm³/mol. The van der Waals surface area contributed by atoms with Crippen LogP contribution in [0.15, 0.2) is 48.5 Å². The lowest BCUT2D eigenvalue weighted by Crippen LogP contribution is -2.36. The summed E-state index contributed by atoms with van der Waals surface area (Å²) in [6.45, 7) is 3.55. The van der Waals surface area contributed by atoms with Gasteiger partial charge in [0.25, 0.3) is 5.91 Å². The molecule has 1 aliphatic heterocycles. The molecule has 6 heteroatoms. The van der Waals surface area contributed by atoms with Crippen LogP contribution in [0.2, 0.25) is 0 Å². The summed E-state index contributed by atoms with van der Waals surface area (Å²) < 4.78 is 11.0. The maximum atomic E-state index is 13.1. The minimum atomic E-state index is -0.351. The van der Waals surface area contributed by atoms with E-state index in [1.54, 1.807) is 31.3 Å². The van der Waals surface area contributed by atoms with Crippen molar-refractivity contribution < 1.29 is 19.1 Å². The highest BCUT2D eigenvalue weighted by atomic mass is 16.5. The normalized spacial score (nSPS) is 18.2. The van der Waals surface area contributed by atoms with E-state index in [2.05, 4.69) is 12.2 Å². The summed E-state index contributed by atoms with van der Waals surface area (Å²) in [5.74, 6) is 0.776. The molecule has 0 aliphatic carbocycles. The van der Waals surface area contributed by atoms with Crippen LogP contribution in [0.1, 0.15) is 41.6 Å². The first-order chi connectivity index (χ1) is 14.6. The molecule has 1 aliphatic rings. The Balaban J connectivity index is 1.91. The van der Waals surface area contributed by atoms with E-state index in [-0.39, 0.29) is 23.7 Å². The molecule has 0 unspecified atom stereocenters. The Bertz CT molecular complexity index is 869. The van der Waals surface area contributed by atoms with Crippen LogP contribution in [-0.2, 0) is 4.79 Å². The molecule has 1 fully saturated rings. The smallest absolute Gasteiger partial charge is 0.253 e. The first kappa shape index (κ1) is 21.7. The fourth-order valence-electron chi connectivity index (χ4n) is 3.96. The lowest BCUT2D eigenvalue weighted by Gasteiger charge is -2.21. The fraction of sp³-hybridized carbons (Fsp3) is 0.417. The molecule has 0 saturated carbocycles. The fourth-order valence-corrected chi connectivity index (χ4v) is 3.96. The number of carbonyl (C=O) groups excluding carboxylic acids is 2. The monoisotopic (exact) mass is 410 g/mol. The van der Waals surface area contributed by atoms with Crippen molar-refractivity contribution in [1.82, 2.24) is 10.2 Å². The van der Waals surface area contributed by atoms with Gasteiger partial charge in [-0.05, 0) is 36.8 Å². The molecule has 160 valence electrons. The molecule has 30 heavy (non-hydrogen) atoms. The van der Waals surface area contributed by atoms with Crippen LogP contribution in [0.3, 0.4) is 0 Å². The molecule has 1 heterocycles. The highest BCUT2D eigenvalue weighted by Gasteiger charge is 2.41. The topological polar surface area (TPSA) is 67.9 Å². The van der Waals surface area contributed by atoms with E-state index in [0.29, 0.717) is 36.7 Å². The average Bonchev–Trinajstić information content (AvgIpc) is 3.24. The lowest BCUT2D eigenvalue weighted by molar-refractivity contribution is -0.124. The number of benzene rings is 2. The summed E-state index contributed by atoms with van der Waals surface area (Å²) in [5, 5.41) is 3.04. The molecule has 2 aromatic carbocycles. The molecule has 0 spiro atoms. The highest BCUT2D eigenvalue weighted by molar-refractivity contribution is 5.95. The Labute approximate surface area is 178 Å². The molecular formula is C24H30N2O4. The van der Waals surface area contributed by atoms with Gasteiger partial charge >= 0.3 is 0 Å². The van der Waals surface area contributed by atoms with E-state index in [4.69, 9.17) is 9.47 Å². The highest BCUT2D eigenvalue weighted by Crippen LogP contribution is 2.40. The van der Waals surface area contributed by atoms with E-state index in [1.165, 1.54) is 0 Å². The third-order valence-electron chi connectivity index (χ3n) is 5.63. The van der Waals surface area contributed by atoms with Gasteiger partial charge in [0.15, 0.2) is 0 Å². The standard InChI is InChI=1S/C24H30N2O4/c1-4-5-13-25-23(27)21-16-26(24(28)17-9-7-6-8-10-17)15-20(21)19-14-18(29-2)11-12-22(19)30-3/h6-12,14,20-21H,4-5,13,15-16H2,1-3H3,(H,25,27)/t20-,21+/m0/s1. The lowest BCUT2D eigenvalue weighted by atomic mass is 9.87. The van der Waals surface area contributed by atoms with Crippen molar-refractivity contribution in [1.29, 1.82) is 0 Å². The summed E-state index contributed by atoms with van der Waals surface area (Å²) in [5.41, 5.74) is 1.51. The van der Waals surface area contributed by atoms with Gasteiger partial charge < -0.3 is 19.7 Å². The van der Waals surface area contributed by atoms with Crippen LogP contribution in [0, 0.1) is 5.92 Å². The van der Waals surface area contributed by atoms with E-state index in [0.717, 1.165) is 18.4 Å². The zero-order valence-electron chi connectivity index (χ0n) is 17.9. The molecule has 2 amide bonds. The number of likely N-dealkylation sites (tertiary alicyclic amines) is 1. The van der Waals surface area contributed by atoms with Crippen LogP contribution in [0.25, 0.3) is 0 Å². The summed E-state index contributed by atoms with van der Waals surface area (Å²) in [4.78, 5) is 27.9. The number of ether oxygens (including phenoxy) is 2. The predicted octanol–water partition coefficient (Wildman–Crippen LogP) is 3.48. The first-order valence-electron chi connectivity index (χ1n) is 10.4. The molecule has 0 aromatic heterocycles. The number of nitrogens with one attached hydrogen (secondary N) is 1. The SMILES string of the molecule is CCCCNC(=O)[C@@H]1CN(C(=O)c2ccccc2)C[C@H]1c1cc(OC)ccc1OC. The number of amides is 2. The van der Waals surface area contributed by atoms with E-state index >= 15 is 0 Å². The number of nitrogens with zero attached hydrogens (tertiary/aromatic N) is 1. The van der Waals surface area contributed by atoms with Crippen LogP contribution in [0.5, 0.6) is 11.5 Å². The maximum Gasteiger partial charge on any atom is 0.253 e. The van der Waals surface area contributed by atoms with Gasteiger partial charge in [-0.3, -0.25) is 9.59 Å². The average molecular weight is 411 g/mol. The molecule has 1 saturated heterocycles. The summed E-state index contributed by atoms with van der Waals surface area (Å²) in [6.07, 6.45) is 1.94. The Hall–Kier alpha value is -3.02. The molecule has 6 nitrogen and oxygen atoms in total. The molecule has 2 atom stereocenters. The number of rotatable bonds is 8. The van der Waals surface area contributed by atoms with Crippen molar-refractivity contribution in [3.63, 3.8) is 0 Å². The largest absolute Gasteiger partial charge is 0.497 e. The van der Waals surface area contributed by atoms with Crippen molar-refractivity contribution in [3.8, 4) is 11.5 Å². The van der Waals surface area contributed by atoms with Gasteiger partial charge in [0, 0.05) is 36.7 Å². The van der Waals surface area contributed by atoms with Crippen molar-refractivity contribution in [2.45, 2.75) is 25.7 Å². The van der Waals surface area contributed by atoms with Gasteiger partial charge in [-0.25, -0.2) is 0 Å². The van der Waals surface area contributed by atoms with Crippen LogP contribution < -0.4 is 14.8 Å². The van der Waals surface area contributed by atoms with Gasteiger partial charge in [0.1, 0.15) is 11.5 Å². The summed E-state index contributed by atoms with van der Waals surface area (Å²) in [6, 6.07) is 14.8. The zero-order chi connectivity index (χ0) is 21.5.